The van der Waals surface area contributed by atoms with Crippen LogP contribution in [0.25, 0.3) is 0 Å². The fourth-order valence-electron chi connectivity index (χ4n) is 3.95. The summed E-state index contributed by atoms with van der Waals surface area (Å²) in [6, 6.07) is 0. The summed E-state index contributed by atoms with van der Waals surface area (Å²) in [5.41, 5.74) is 0. The Hall–Kier alpha value is -0.0800. The number of rotatable bonds is 1. The van der Waals surface area contributed by atoms with E-state index in [1.807, 2.05) is 0 Å². The van der Waals surface area contributed by atoms with E-state index in [-0.39, 0.29) is 6.10 Å². The third-order valence-electron chi connectivity index (χ3n) is 4.99. The quantitative estimate of drug-likeness (QED) is 0.720. The maximum atomic E-state index is 9.52. The van der Waals surface area contributed by atoms with Gasteiger partial charge < -0.3 is 9.84 Å². The highest BCUT2D eigenvalue weighted by Gasteiger charge is 2.50. The van der Waals surface area contributed by atoms with Crippen molar-refractivity contribution in [1.29, 1.82) is 0 Å². The Balaban J connectivity index is 1.62. The average molecular weight is 210 g/mol. The van der Waals surface area contributed by atoms with Crippen molar-refractivity contribution >= 4 is 0 Å². The van der Waals surface area contributed by atoms with E-state index in [0.717, 1.165) is 30.6 Å². The molecule has 2 aliphatic heterocycles. The minimum Gasteiger partial charge on any atom is -0.393 e. The first-order valence-electron chi connectivity index (χ1n) is 6.59. The molecule has 0 aromatic carbocycles. The molecular formula is C13H22O2. The summed E-state index contributed by atoms with van der Waals surface area (Å²) in [7, 11) is 0. The van der Waals surface area contributed by atoms with Crippen LogP contribution in [-0.2, 0) is 4.74 Å². The van der Waals surface area contributed by atoms with Gasteiger partial charge in [0.15, 0.2) is 0 Å². The zero-order chi connectivity index (χ0) is 10.4. The maximum absolute atomic E-state index is 9.52. The molecular weight excluding hydrogens is 188 g/mol. The Morgan fingerprint density at radius 1 is 1.00 bits per heavy atom. The van der Waals surface area contributed by atoms with Crippen LogP contribution >= 0.6 is 0 Å². The van der Waals surface area contributed by atoms with Gasteiger partial charge in [-0.25, -0.2) is 0 Å². The van der Waals surface area contributed by atoms with Crippen molar-refractivity contribution in [3.8, 4) is 0 Å². The van der Waals surface area contributed by atoms with Crippen LogP contribution in [0.1, 0.15) is 45.4 Å². The standard InChI is InChI=1S/C13H22O2/c1-8-12-7-6-11(13(8)15-12)9-2-4-10(14)5-3-9/h8-14H,2-7H2,1H3. The first-order chi connectivity index (χ1) is 7.25. The molecule has 0 aromatic rings. The van der Waals surface area contributed by atoms with Gasteiger partial charge >= 0.3 is 0 Å². The van der Waals surface area contributed by atoms with Crippen LogP contribution in [0.15, 0.2) is 0 Å². The van der Waals surface area contributed by atoms with Crippen LogP contribution in [0, 0.1) is 17.8 Å². The molecule has 2 nitrogen and oxygen atoms in total. The van der Waals surface area contributed by atoms with Crippen molar-refractivity contribution in [3.63, 3.8) is 0 Å². The molecule has 2 aliphatic carbocycles. The molecule has 0 aromatic heterocycles. The van der Waals surface area contributed by atoms with Gasteiger partial charge in [-0.3, -0.25) is 0 Å². The molecule has 86 valence electrons. The fourth-order valence-corrected chi connectivity index (χ4v) is 3.95. The van der Waals surface area contributed by atoms with Crippen molar-refractivity contribution in [2.24, 2.45) is 17.8 Å². The van der Waals surface area contributed by atoms with Crippen molar-refractivity contribution in [2.45, 2.75) is 63.8 Å². The summed E-state index contributed by atoms with van der Waals surface area (Å²) in [6.45, 7) is 2.35. The molecule has 2 saturated heterocycles. The Kier molecular flexibility index (Phi) is 2.52. The van der Waals surface area contributed by atoms with Gasteiger partial charge in [-0.1, -0.05) is 6.92 Å². The Labute approximate surface area is 92.0 Å². The molecule has 0 amide bonds. The number of aliphatic hydroxyl groups excluding tert-OH is 1. The maximum Gasteiger partial charge on any atom is 0.0660 e. The topological polar surface area (TPSA) is 29.5 Å². The van der Waals surface area contributed by atoms with Crippen molar-refractivity contribution < 1.29 is 9.84 Å². The summed E-state index contributed by atoms with van der Waals surface area (Å²) in [4.78, 5) is 0. The molecule has 4 rings (SSSR count). The number of hydrogen-bond acceptors (Lipinski definition) is 2. The van der Waals surface area contributed by atoms with Gasteiger partial charge in [0.2, 0.25) is 0 Å². The number of ether oxygens (including phenoxy) is 1. The van der Waals surface area contributed by atoms with Gasteiger partial charge in [-0.05, 0) is 50.4 Å². The van der Waals surface area contributed by atoms with Crippen molar-refractivity contribution in [2.75, 3.05) is 0 Å². The smallest absolute Gasteiger partial charge is 0.0660 e. The van der Waals surface area contributed by atoms with E-state index in [0.29, 0.717) is 12.2 Å². The fraction of sp³-hybridized carbons (Fsp3) is 1.00. The summed E-state index contributed by atoms with van der Waals surface area (Å²) in [6.07, 6.45) is 8.27. The molecule has 4 aliphatic rings. The zero-order valence-electron chi connectivity index (χ0n) is 9.56. The van der Waals surface area contributed by atoms with E-state index in [2.05, 4.69) is 6.92 Å². The average Bonchev–Trinajstić information content (AvgIpc) is 2.29. The van der Waals surface area contributed by atoms with E-state index in [9.17, 15) is 5.11 Å². The van der Waals surface area contributed by atoms with Gasteiger partial charge in [0, 0.05) is 5.92 Å². The molecule has 0 spiro atoms. The highest BCUT2D eigenvalue weighted by atomic mass is 16.5. The molecule has 2 saturated carbocycles. The van der Waals surface area contributed by atoms with E-state index >= 15 is 0 Å². The van der Waals surface area contributed by atoms with Gasteiger partial charge in [0.05, 0.1) is 18.3 Å². The van der Waals surface area contributed by atoms with Gasteiger partial charge in [0.1, 0.15) is 0 Å². The summed E-state index contributed by atoms with van der Waals surface area (Å²) < 4.78 is 5.92. The first kappa shape index (κ1) is 10.1. The molecule has 1 N–H and O–H groups in total. The monoisotopic (exact) mass is 210 g/mol. The lowest BCUT2D eigenvalue weighted by atomic mass is 9.65. The number of fused-ring (bicyclic) bond motifs is 2. The van der Waals surface area contributed by atoms with E-state index in [4.69, 9.17) is 4.74 Å². The van der Waals surface area contributed by atoms with Gasteiger partial charge in [-0.15, -0.1) is 0 Å². The summed E-state index contributed by atoms with van der Waals surface area (Å²) >= 11 is 0. The second-order valence-corrected chi connectivity index (χ2v) is 5.81. The normalized spacial score (nSPS) is 54.8. The van der Waals surface area contributed by atoms with E-state index in [1.54, 1.807) is 0 Å². The minimum absolute atomic E-state index is 0.0164. The zero-order valence-corrected chi connectivity index (χ0v) is 9.56. The molecule has 0 radical (unpaired) electrons. The van der Waals surface area contributed by atoms with E-state index < -0.39 is 0 Å². The van der Waals surface area contributed by atoms with Crippen LogP contribution in [0.5, 0.6) is 0 Å². The highest BCUT2D eigenvalue weighted by molar-refractivity contribution is 4.98. The molecule has 2 heterocycles. The highest BCUT2D eigenvalue weighted by Crippen LogP contribution is 2.49. The minimum atomic E-state index is -0.0164. The van der Waals surface area contributed by atoms with Crippen LogP contribution in [0.2, 0.25) is 0 Å². The lowest BCUT2D eigenvalue weighted by Crippen LogP contribution is -2.57. The van der Waals surface area contributed by atoms with Crippen LogP contribution in [-0.4, -0.2) is 23.4 Å². The third kappa shape index (κ3) is 1.62. The third-order valence-corrected chi connectivity index (χ3v) is 4.99. The molecule has 2 bridgehead atoms. The van der Waals surface area contributed by atoms with Crippen LogP contribution < -0.4 is 0 Å². The summed E-state index contributed by atoms with van der Waals surface area (Å²) in [5, 5.41) is 9.52. The lowest BCUT2D eigenvalue weighted by molar-refractivity contribution is -0.243. The Morgan fingerprint density at radius 3 is 2.33 bits per heavy atom. The molecule has 4 fully saturated rings. The first-order valence-corrected chi connectivity index (χ1v) is 6.59. The number of hydrogen-bond donors (Lipinski definition) is 1. The molecule has 4 unspecified atom stereocenters. The SMILES string of the molecule is CC1C2CCC(C3CCC(O)CC3)C1O2. The van der Waals surface area contributed by atoms with Crippen molar-refractivity contribution in [3.05, 3.63) is 0 Å². The van der Waals surface area contributed by atoms with Gasteiger partial charge in [0.25, 0.3) is 0 Å². The van der Waals surface area contributed by atoms with E-state index in [1.165, 1.54) is 25.7 Å². The largest absolute Gasteiger partial charge is 0.393 e. The summed E-state index contributed by atoms with van der Waals surface area (Å²) in [5.74, 6) is 2.44. The lowest BCUT2D eigenvalue weighted by Gasteiger charge is -2.54. The predicted molar refractivity (Wildman–Crippen MR) is 58.5 cm³/mol. The molecule has 2 heteroatoms. The molecule has 4 atom stereocenters. The predicted octanol–water partition coefficient (Wildman–Crippen LogP) is 2.35. The number of aliphatic hydroxyl groups is 1. The second kappa shape index (κ2) is 3.74. The van der Waals surface area contributed by atoms with Gasteiger partial charge in [-0.2, -0.15) is 0 Å². The van der Waals surface area contributed by atoms with Crippen molar-refractivity contribution in [1.82, 2.24) is 0 Å². The Morgan fingerprint density at radius 2 is 1.73 bits per heavy atom. The molecule has 15 heavy (non-hydrogen) atoms. The second-order valence-electron chi connectivity index (χ2n) is 5.81. The van der Waals surface area contributed by atoms with Crippen LogP contribution in [0.3, 0.4) is 0 Å². The van der Waals surface area contributed by atoms with Crippen LogP contribution in [0.4, 0.5) is 0 Å². The Bertz CT molecular complexity index is 231.